The Morgan fingerprint density at radius 2 is 2.31 bits per heavy atom. The average molecular weight is 223 g/mol. The van der Waals surface area contributed by atoms with Crippen LogP contribution in [0, 0.1) is 0 Å². The van der Waals surface area contributed by atoms with E-state index in [0.29, 0.717) is 17.9 Å². The molecule has 0 fully saturated rings. The highest BCUT2D eigenvalue weighted by Crippen LogP contribution is 2.16. The van der Waals surface area contributed by atoms with Crippen molar-refractivity contribution < 1.29 is 9.53 Å². The summed E-state index contributed by atoms with van der Waals surface area (Å²) in [7, 11) is 1.51. The molecule has 5 heteroatoms. The molecule has 3 N–H and O–H groups in total. The molecule has 16 heavy (non-hydrogen) atoms. The number of anilines is 2. The number of nitrogen functional groups attached to an aromatic ring is 1. The van der Waals surface area contributed by atoms with Gasteiger partial charge in [0, 0.05) is 7.11 Å². The molecule has 0 saturated heterocycles. The molecule has 88 valence electrons. The van der Waals surface area contributed by atoms with Crippen LogP contribution in [0.2, 0.25) is 0 Å². The fourth-order valence-electron chi connectivity index (χ4n) is 1.13. The van der Waals surface area contributed by atoms with E-state index in [1.165, 1.54) is 13.3 Å². The molecule has 1 unspecified atom stereocenters. The van der Waals surface area contributed by atoms with Crippen molar-refractivity contribution in [3.63, 3.8) is 0 Å². The maximum Gasteiger partial charge on any atom is 0.257 e. The minimum atomic E-state index is -0.830. The zero-order valence-electron chi connectivity index (χ0n) is 9.78. The largest absolute Gasteiger partial charge is 0.397 e. The third-order valence-corrected chi connectivity index (χ3v) is 2.63. The van der Waals surface area contributed by atoms with Gasteiger partial charge in [-0.25, -0.2) is 4.98 Å². The van der Waals surface area contributed by atoms with Crippen LogP contribution in [0.25, 0.3) is 0 Å². The van der Waals surface area contributed by atoms with Crippen molar-refractivity contribution in [1.82, 2.24) is 4.98 Å². The summed E-state index contributed by atoms with van der Waals surface area (Å²) in [5, 5.41) is 2.68. The molecular formula is C11H17N3O2. The molecule has 0 aliphatic carbocycles. The van der Waals surface area contributed by atoms with Crippen LogP contribution in [0.5, 0.6) is 0 Å². The van der Waals surface area contributed by atoms with Gasteiger partial charge in [-0.2, -0.15) is 0 Å². The molecule has 0 aromatic carbocycles. The molecule has 1 aromatic heterocycles. The van der Waals surface area contributed by atoms with Gasteiger partial charge >= 0.3 is 0 Å². The lowest BCUT2D eigenvalue weighted by atomic mass is 10.0. The van der Waals surface area contributed by atoms with Crippen molar-refractivity contribution >= 4 is 17.4 Å². The molecule has 1 amide bonds. The molecule has 1 aromatic rings. The van der Waals surface area contributed by atoms with Crippen molar-refractivity contribution in [2.24, 2.45) is 0 Å². The first-order valence-electron chi connectivity index (χ1n) is 5.10. The number of ether oxygens (including phenoxy) is 1. The van der Waals surface area contributed by atoms with Crippen LogP contribution in [0.1, 0.15) is 20.3 Å². The fourth-order valence-corrected chi connectivity index (χ4v) is 1.13. The molecule has 0 bridgehead atoms. The van der Waals surface area contributed by atoms with E-state index in [2.05, 4.69) is 10.3 Å². The zero-order valence-corrected chi connectivity index (χ0v) is 9.78. The molecule has 1 rings (SSSR count). The molecule has 1 atom stereocenters. The van der Waals surface area contributed by atoms with Gasteiger partial charge in [-0.3, -0.25) is 4.79 Å². The summed E-state index contributed by atoms with van der Waals surface area (Å²) < 4.78 is 5.18. The molecule has 0 radical (unpaired) electrons. The summed E-state index contributed by atoms with van der Waals surface area (Å²) in [4.78, 5) is 15.9. The summed E-state index contributed by atoms with van der Waals surface area (Å²) in [5.41, 5.74) is 5.22. The van der Waals surface area contributed by atoms with Gasteiger partial charge in [0.2, 0.25) is 0 Å². The fraction of sp³-hybridized carbons (Fsp3) is 0.455. The van der Waals surface area contributed by atoms with E-state index >= 15 is 0 Å². The Balaban J connectivity index is 2.74. The number of pyridine rings is 1. The highest BCUT2D eigenvalue weighted by Gasteiger charge is 2.31. The molecule has 1 heterocycles. The third kappa shape index (κ3) is 2.70. The molecule has 0 aliphatic rings. The van der Waals surface area contributed by atoms with Crippen LogP contribution in [0.3, 0.4) is 0 Å². The minimum Gasteiger partial charge on any atom is -0.397 e. The van der Waals surface area contributed by atoms with Crippen molar-refractivity contribution in [2.75, 3.05) is 18.2 Å². The van der Waals surface area contributed by atoms with Crippen LogP contribution in [-0.2, 0) is 9.53 Å². The average Bonchev–Trinajstić information content (AvgIpc) is 2.31. The Morgan fingerprint density at radius 3 is 2.75 bits per heavy atom. The quantitative estimate of drug-likeness (QED) is 0.809. The van der Waals surface area contributed by atoms with Gasteiger partial charge in [-0.05, 0) is 25.5 Å². The predicted molar refractivity (Wildman–Crippen MR) is 63.0 cm³/mol. The van der Waals surface area contributed by atoms with E-state index < -0.39 is 5.60 Å². The van der Waals surface area contributed by atoms with E-state index in [1.807, 2.05) is 6.92 Å². The summed E-state index contributed by atoms with van der Waals surface area (Å²) in [6, 6.07) is 3.33. The lowest BCUT2D eigenvalue weighted by molar-refractivity contribution is -0.136. The summed E-state index contributed by atoms with van der Waals surface area (Å²) >= 11 is 0. The van der Waals surface area contributed by atoms with E-state index in [4.69, 9.17) is 10.5 Å². The van der Waals surface area contributed by atoms with Gasteiger partial charge in [0.25, 0.3) is 5.91 Å². The standard InChI is InChI=1S/C11H17N3O2/c1-4-11(2,16-3)10(15)14-9-6-5-8(12)7-13-9/h5-7H,4,12H2,1-3H3,(H,13,14,15). The summed E-state index contributed by atoms with van der Waals surface area (Å²) in [5.74, 6) is 0.255. The lowest BCUT2D eigenvalue weighted by Crippen LogP contribution is -2.41. The first-order valence-corrected chi connectivity index (χ1v) is 5.10. The van der Waals surface area contributed by atoms with E-state index in [1.54, 1.807) is 19.1 Å². The van der Waals surface area contributed by atoms with E-state index in [-0.39, 0.29) is 5.91 Å². The maximum absolute atomic E-state index is 11.9. The van der Waals surface area contributed by atoms with Crippen molar-refractivity contribution in [3.05, 3.63) is 18.3 Å². The van der Waals surface area contributed by atoms with Crippen LogP contribution < -0.4 is 11.1 Å². The zero-order chi connectivity index (χ0) is 12.2. The number of rotatable bonds is 4. The second kappa shape index (κ2) is 4.94. The number of amides is 1. The topological polar surface area (TPSA) is 77.2 Å². The van der Waals surface area contributed by atoms with Crippen LogP contribution in [0.4, 0.5) is 11.5 Å². The monoisotopic (exact) mass is 223 g/mol. The Labute approximate surface area is 95.0 Å². The molecule has 0 aliphatic heterocycles. The summed E-state index contributed by atoms with van der Waals surface area (Å²) in [6.45, 7) is 3.62. The van der Waals surface area contributed by atoms with Gasteiger partial charge in [-0.15, -0.1) is 0 Å². The molecule has 5 nitrogen and oxygen atoms in total. The Hall–Kier alpha value is -1.62. The number of hydrogen-bond donors (Lipinski definition) is 2. The highest BCUT2D eigenvalue weighted by molar-refractivity contribution is 5.96. The maximum atomic E-state index is 11.9. The number of nitrogens with one attached hydrogen (secondary N) is 1. The van der Waals surface area contributed by atoms with Crippen LogP contribution in [0.15, 0.2) is 18.3 Å². The Kier molecular flexibility index (Phi) is 3.84. The number of nitrogens with two attached hydrogens (primary N) is 1. The van der Waals surface area contributed by atoms with Crippen LogP contribution >= 0.6 is 0 Å². The Bertz CT molecular complexity index is 358. The molecule has 0 spiro atoms. The van der Waals surface area contributed by atoms with Gasteiger partial charge in [0.15, 0.2) is 0 Å². The number of methoxy groups -OCH3 is 1. The minimum absolute atomic E-state index is 0.213. The van der Waals surface area contributed by atoms with Crippen LogP contribution in [-0.4, -0.2) is 23.6 Å². The van der Waals surface area contributed by atoms with Crippen molar-refractivity contribution in [3.8, 4) is 0 Å². The predicted octanol–water partition coefficient (Wildman–Crippen LogP) is 1.42. The number of nitrogens with zero attached hydrogens (tertiary/aromatic N) is 1. The smallest absolute Gasteiger partial charge is 0.257 e. The van der Waals surface area contributed by atoms with Gasteiger partial charge in [0.1, 0.15) is 11.4 Å². The first-order chi connectivity index (χ1) is 7.51. The van der Waals surface area contributed by atoms with Gasteiger partial charge in [-0.1, -0.05) is 6.92 Å². The van der Waals surface area contributed by atoms with Crippen molar-refractivity contribution in [2.45, 2.75) is 25.9 Å². The third-order valence-electron chi connectivity index (χ3n) is 2.63. The van der Waals surface area contributed by atoms with Crippen molar-refractivity contribution in [1.29, 1.82) is 0 Å². The summed E-state index contributed by atoms with van der Waals surface area (Å²) in [6.07, 6.45) is 2.08. The van der Waals surface area contributed by atoms with Gasteiger partial charge in [0.05, 0.1) is 11.9 Å². The Morgan fingerprint density at radius 1 is 1.62 bits per heavy atom. The van der Waals surface area contributed by atoms with E-state index in [0.717, 1.165) is 0 Å². The number of carbonyl (C=O) groups is 1. The SMILES string of the molecule is CCC(C)(OC)C(=O)Nc1ccc(N)cn1. The first kappa shape index (κ1) is 12.4. The number of aromatic nitrogens is 1. The normalized spacial score (nSPS) is 14.2. The number of carbonyl (C=O) groups excluding carboxylic acids is 1. The number of hydrogen-bond acceptors (Lipinski definition) is 4. The second-order valence-corrected chi connectivity index (χ2v) is 3.72. The second-order valence-electron chi connectivity index (χ2n) is 3.72. The van der Waals surface area contributed by atoms with E-state index in [9.17, 15) is 4.79 Å². The highest BCUT2D eigenvalue weighted by atomic mass is 16.5. The lowest BCUT2D eigenvalue weighted by Gasteiger charge is -2.24. The molecular weight excluding hydrogens is 206 g/mol. The molecule has 0 saturated carbocycles. The van der Waals surface area contributed by atoms with Gasteiger partial charge < -0.3 is 15.8 Å².